The Morgan fingerprint density at radius 1 is 1.30 bits per heavy atom. The lowest BCUT2D eigenvalue weighted by Gasteiger charge is -2.33. The van der Waals surface area contributed by atoms with Gasteiger partial charge in [-0.15, -0.1) is 11.3 Å². The molecule has 7 nitrogen and oxygen atoms in total. The minimum absolute atomic E-state index is 0.162. The molecule has 1 aliphatic heterocycles. The standard InChI is InChI=1S/C11H15N3O4S2/c15-10(16)9-11(19-7-12-9)20(17,18)14-5-3-13(4-6-14)8-1-2-8/h7-8H,1-6H2,(H,15,16). The molecule has 0 spiro atoms. The van der Waals surface area contributed by atoms with Crippen molar-refractivity contribution in [3.63, 3.8) is 0 Å². The van der Waals surface area contributed by atoms with Crippen LogP contribution in [0, 0.1) is 0 Å². The quantitative estimate of drug-likeness (QED) is 0.859. The molecule has 0 radical (unpaired) electrons. The minimum atomic E-state index is -3.74. The molecule has 0 atom stereocenters. The van der Waals surface area contributed by atoms with Gasteiger partial charge in [0.25, 0.3) is 10.0 Å². The average Bonchev–Trinajstić information content (AvgIpc) is 3.14. The molecular formula is C11H15N3O4S2. The molecule has 2 heterocycles. The maximum absolute atomic E-state index is 12.5. The summed E-state index contributed by atoms with van der Waals surface area (Å²) < 4.78 is 26.2. The molecule has 1 saturated heterocycles. The monoisotopic (exact) mass is 317 g/mol. The lowest BCUT2D eigenvalue weighted by Crippen LogP contribution is -2.49. The van der Waals surface area contributed by atoms with E-state index >= 15 is 0 Å². The second-order valence-electron chi connectivity index (χ2n) is 4.96. The fourth-order valence-electron chi connectivity index (χ4n) is 2.43. The van der Waals surface area contributed by atoms with Crippen molar-refractivity contribution in [2.45, 2.75) is 23.1 Å². The number of aromatic carboxylic acids is 1. The molecular weight excluding hydrogens is 302 g/mol. The topological polar surface area (TPSA) is 90.8 Å². The number of carbonyl (C=O) groups is 1. The summed E-state index contributed by atoms with van der Waals surface area (Å²) in [5.74, 6) is -1.30. The summed E-state index contributed by atoms with van der Waals surface area (Å²) in [5.41, 5.74) is 0.885. The first-order valence-electron chi connectivity index (χ1n) is 6.41. The number of nitrogens with zero attached hydrogens (tertiary/aromatic N) is 3. The molecule has 1 aromatic rings. The van der Waals surface area contributed by atoms with E-state index in [9.17, 15) is 13.2 Å². The van der Waals surface area contributed by atoms with Crippen LogP contribution in [-0.2, 0) is 10.0 Å². The van der Waals surface area contributed by atoms with Crippen LogP contribution in [0.5, 0.6) is 0 Å². The predicted molar refractivity (Wildman–Crippen MR) is 72.4 cm³/mol. The smallest absolute Gasteiger partial charge is 0.356 e. The Kier molecular flexibility index (Phi) is 3.53. The van der Waals surface area contributed by atoms with Crippen molar-refractivity contribution in [2.75, 3.05) is 26.2 Å². The van der Waals surface area contributed by atoms with Crippen LogP contribution in [-0.4, -0.2) is 65.9 Å². The Balaban J connectivity index is 1.78. The summed E-state index contributed by atoms with van der Waals surface area (Å²) in [6.45, 7) is 2.25. The zero-order valence-electron chi connectivity index (χ0n) is 10.7. The molecule has 0 amide bonds. The number of sulfonamides is 1. The predicted octanol–water partition coefficient (Wildman–Crippen LogP) is 0.310. The maximum atomic E-state index is 12.5. The zero-order chi connectivity index (χ0) is 14.3. The molecule has 2 aliphatic rings. The van der Waals surface area contributed by atoms with Gasteiger partial charge in [-0.05, 0) is 12.8 Å². The minimum Gasteiger partial charge on any atom is -0.476 e. The van der Waals surface area contributed by atoms with Gasteiger partial charge in [-0.1, -0.05) is 0 Å². The van der Waals surface area contributed by atoms with Gasteiger partial charge in [0.1, 0.15) is 0 Å². The summed E-state index contributed by atoms with van der Waals surface area (Å²) in [4.78, 5) is 17.0. The highest BCUT2D eigenvalue weighted by atomic mass is 32.2. The molecule has 0 aromatic carbocycles. The van der Waals surface area contributed by atoms with Gasteiger partial charge in [-0.25, -0.2) is 18.2 Å². The normalized spacial score (nSPS) is 22.0. The lowest BCUT2D eigenvalue weighted by atomic mass is 10.3. The van der Waals surface area contributed by atoms with Gasteiger partial charge in [0.2, 0.25) is 0 Å². The van der Waals surface area contributed by atoms with Crippen molar-refractivity contribution in [1.82, 2.24) is 14.2 Å². The summed E-state index contributed by atoms with van der Waals surface area (Å²) in [6.07, 6.45) is 2.40. The number of hydrogen-bond acceptors (Lipinski definition) is 6. The van der Waals surface area contributed by atoms with Crippen molar-refractivity contribution >= 4 is 27.3 Å². The van der Waals surface area contributed by atoms with Crippen molar-refractivity contribution in [2.24, 2.45) is 0 Å². The SMILES string of the molecule is O=C(O)c1ncsc1S(=O)(=O)N1CCN(C2CC2)CC1. The maximum Gasteiger partial charge on any atom is 0.356 e. The first-order chi connectivity index (χ1) is 9.50. The van der Waals surface area contributed by atoms with E-state index in [1.165, 1.54) is 22.7 Å². The van der Waals surface area contributed by atoms with Gasteiger partial charge in [0, 0.05) is 32.2 Å². The molecule has 20 heavy (non-hydrogen) atoms. The Morgan fingerprint density at radius 2 is 1.95 bits per heavy atom. The van der Waals surface area contributed by atoms with E-state index in [1.807, 2.05) is 0 Å². The fraction of sp³-hybridized carbons (Fsp3) is 0.636. The van der Waals surface area contributed by atoms with Crippen molar-refractivity contribution in [3.8, 4) is 0 Å². The average molecular weight is 317 g/mol. The van der Waals surface area contributed by atoms with Crippen molar-refractivity contribution in [3.05, 3.63) is 11.2 Å². The first-order valence-corrected chi connectivity index (χ1v) is 8.73. The molecule has 2 fully saturated rings. The molecule has 1 aromatic heterocycles. The first kappa shape index (κ1) is 13.9. The number of carboxylic acid groups (broad SMARTS) is 1. The number of thiazole rings is 1. The molecule has 1 saturated carbocycles. The van der Waals surface area contributed by atoms with E-state index in [4.69, 9.17) is 5.11 Å². The zero-order valence-corrected chi connectivity index (χ0v) is 12.4. The van der Waals surface area contributed by atoms with E-state index in [2.05, 4.69) is 9.88 Å². The highest BCUT2D eigenvalue weighted by Gasteiger charge is 2.37. The van der Waals surface area contributed by atoms with Crippen molar-refractivity contribution < 1.29 is 18.3 Å². The van der Waals surface area contributed by atoms with Crippen LogP contribution < -0.4 is 0 Å². The van der Waals surface area contributed by atoms with E-state index in [-0.39, 0.29) is 9.90 Å². The van der Waals surface area contributed by atoms with Crippen LogP contribution in [0.1, 0.15) is 23.3 Å². The third kappa shape index (κ3) is 2.46. The largest absolute Gasteiger partial charge is 0.476 e. The highest BCUT2D eigenvalue weighted by molar-refractivity contribution is 7.91. The van der Waals surface area contributed by atoms with Gasteiger partial charge in [0.05, 0.1) is 5.51 Å². The van der Waals surface area contributed by atoms with Crippen LogP contribution in [0.15, 0.2) is 9.72 Å². The number of hydrogen-bond donors (Lipinski definition) is 1. The van der Waals surface area contributed by atoms with Crippen molar-refractivity contribution in [1.29, 1.82) is 0 Å². The second-order valence-corrected chi connectivity index (χ2v) is 7.95. The number of piperazine rings is 1. The summed E-state index contributed by atoms with van der Waals surface area (Å²) in [5, 5.41) is 8.99. The summed E-state index contributed by atoms with van der Waals surface area (Å²) in [7, 11) is -3.74. The highest BCUT2D eigenvalue weighted by Crippen LogP contribution is 2.30. The summed E-state index contributed by atoms with van der Waals surface area (Å²) in [6, 6.07) is 0.623. The number of rotatable bonds is 4. The Hall–Kier alpha value is -1.03. The van der Waals surface area contributed by atoms with E-state index in [1.54, 1.807) is 0 Å². The van der Waals surface area contributed by atoms with Crippen LogP contribution in [0.25, 0.3) is 0 Å². The Morgan fingerprint density at radius 3 is 2.50 bits per heavy atom. The van der Waals surface area contributed by atoms with Gasteiger partial charge in [0.15, 0.2) is 9.90 Å². The van der Waals surface area contributed by atoms with E-state index in [0.717, 1.165) is 11.3 Å². The number of carboxylic acids is 1. The molecule has 1 aliphatic carbocycles. The van der Waals surface area contributed by atoms with E-state index in [0.29, 0.717) is 32.2 Å². The second kappa shape index (κ2) is 5.06. The van der Waals surface area contributed by atoms with Gasteiger partial charge in [-0.3, -0.25) is 4.90 Å². The molecule has 3 rings (SSSR count). The lowest BCUT2D eigenvalue weighted by molar-refractivity contribution is 0.0687. The van der Waals surface area contributed by atoms with Gasteiger partial charge >= 0.3 is 5.97 Å². The molecule has 110 valence electrons. The molecule has 9 heteroatoms. The molecule has 1 N–H and O–H groups in total. The molecule has 0 bridgehead atoms. The Bertz CT molecular complexity index is 615. The van der Waals surface area contributed by atoms with Crippen LogP contribution in [0.2, 0.25) is 0 Å². The van der Waals surface area contributed by atoms with Crippen LogP contribution in [0.3, 0.4) is 0 Å². The van der Waals surface area contributed by atoms with Gasteiger partial charge in [-0.2, -0.15) is 4.31 Å². The molecule has 0 unspecified atom stereocenters. The third-order valence-electron chi connectivity index (χ3n) is 3.65. The van der Waals surface area contributed by atoms with Crippen LogP contribution >= 0.6 is 11.3 Å². The Labute approximate surface area is 120 Å². The van der Waals surface area contributed by atoms with Gasteiger partial charge < -0.3 is 5.11 Å². The van der Waals surface area contributed by atoms with E-state index < -0.39 is 16.0 Å². The number of aromatic nitrogens is 1. The summed E-state index contributed by atoms with van der Waals surface area (Å²) >= 11 is 0.863. The third-order valence-corrected chi connectivity index (χ3v) is 6.89. The van der Waals surface area contributed by atoms with Crippen LogP contribution in [0.4, 0.5) is 0 Å². The fourth-order valence-corrected chi connectivity index (χ4v) is 5.13.